The standard InChI is InChI=1S/C21H24N4O4/c1-28-17-7-5-16(6-8-17)25-13-15(12-19(25)26)20(27)24-11-2-4-18(14-24)29-21-22-9-3-10-23-21/h3,5-10,15,18H,2,4,11-14H2,1H3. The summed E-state index contributed by atoms with van der Waals surface area (Å²) in [6.07, 6.45) is 5.06. The van der Waals surface area contributed by atoms with E-state index in [0.29, 0.717) is 25.6 Å². The summed E-state index contributed by atoms with van der Waals surface area (Å²) >= 11 is 0. The molecule has 0 spiro atoms. The molecule has 2 amide bonds. The summed E-state index contributed by atoms with van der Waals surface area (Å²) in [4.78, 5) is 37.2. The van der Waals surface area contributed by atoms with Gasteiger partial charge in [0.05, 0.1) is 19.6 Å². The number of hydrogen-bond donors (Lipinski definition) is 0. The van der Waals surface area contributed by atoms with Crippen LogP contribution in [0.15, 0.2) is 42.7 Å². The van der Waals surface area contributed by atoms with Crippen LogP contribution >= 0.6 is 0 Å². The topological polar surface area (TPSA) is 84.9 Å². The van der Waals surface area contributed by atoms with Gasteiger partial charge in [0.1, 0.15) is 11.9 Å². The van der Waals surface area contributed by atoms with Crippen molar-refractivity contribution in [3.63, 3.8) is 0 Å². The van der Waals surface area contributed by atoms with Crippen molar-refractivity contribution in [1.82, 2.24) is 14.9 Å². The highest BCUT2D eigenvalue weighted by Crippen LogP contribution is 2.28. The number of anilines is 1. The summed E-state index contributed by atoms with van der Waals surface area (Å²) in [5.74, 6) is 0.374. The molecule has 2 saturated heterocycles. The van der Waals surface area contributed by atoms with Crippen LogP contribution < -0.4 is 14.4 Å². The predicted octanol–water partition coefficient (Wildman–Crippen LogP) is 1.91. The van der Waals surface area contributed by atoms with Gasteiger partial charge in [0, 0.05) is 37.6 Å². The molecule has 8 heteroatoms. The zero-order valence-electron chi connectivity index (χ0n) is 16.4. The molecule has 4 rings (SSSR count). The Hall–Kier alpha value is -3.16. The minimum absolute atomic E-state index is 0.0108. The van der Waals surface area contributed by atoms with E-state index in [1.54, 1.807) is 30.5 Å². The molecule has 0 radical (unpaired) electrons. The zero-order chi connectivity index (χ0) is 20.2. The lowest BCUT2D eigenvalue weighted by molar-refractivity contribution is -0.138. The highest BCUT2D eigenvalue weighted by molar-refractivity contribution is 6.00. The lowest BCUT2D eigenvalue weighted by Crippen LogP contribution is -2.47. The molecule has 2 unspecified atom stereocenters. The van der Waals surface area contributed by atoms with Crippen molar-refractivity contribution in [1.29, 1.82) is 0 Å². The summed E-state index contributed by atoms with van der Waals surface area (Å²) in [5.41, 5.74) is 0.784. The third kappa shape index (κ3) is 4.31. The van der Waals surface area contributed by atoms with E-state index in [1.165, 1.54) is 0 Å². The predicted molar refractivity (Wildman–Crippen MR) is 106 cm³/mol. The van der Waals surface area contributed by atoms with Crippen LogP contribution in [0.25, 0.3) is 0 Å². The molecular weight excluding hydrogens is 372 g/mol. The van der Waals surface area contributed by atoms with Gasteiger partial charge in [-0.1, -0.05) is 0 Å². The fourth-order valence-electron chi connectivity index (χ4n) is 3.87. The van der Waals surface area contributed by atoms with Crippen LogP contribution in [0.4, 0.5) is 5.69 Å². The van der Waals surface area contributed by atoms with Crippen LogP contribution in [-0.2, 0) is 9.59 Å². The maximum atomic E-state index is 13.1. The van der Waals surface area contributed by atoms with Crippen LogP contribution in [0.2, 0.25) is 0 Å². The Labute approximate surface area is 169 Å². The normalized spacial score (nSPS) is 21.9. The average molecular weight is 396 g/mol. The highest BCUT2D eigenvalue weighted by Gasteiger charge is 2.38. The van der Waals surface area contributed by atoms with E-state index >= 15 is 0 Å². The minimum atomic E-state index is -0.337. The molecule has 2 aliphatic heterocycles. The van der Waals surface area contributed by atoms with Crippen molar-refractivity contribution >= 4 is 17.5 Å². The number of benzene rings is 1. The molecule has 0 N–H and O–H groups in total. The molecule has 0 bridgehead atoms. The van der Waals surface area contributed by atoms with E-state index in [2.05, 4.69) is 9.97 Å². The van der Waals surface area contributed by atoms with E-state index in [-0.39, 0.29) is 30.3 Å². The Morgan fingerprint density at radius 3 is 2.62 bits per heavy atom. The highest BCUT2D eigenvalue weighted by atomic mass is 16.5. The van der Waals surface area contributed by atoms with Crippen molar-refractivity contribution in [3.05, 3.63) is 42.7 Å². The molecule has 2 aliphatic rings. The Morgan fingerprint density at radius 2 is 1.90 bits per heavy atom. The van der Waals surface area contributed by atoms with Crippen LogP contribution in [0.3, 0.4) is 0 Å². The van der Waals surface area contributed by atoms with Crippen molar-refractivity contribution in [2.45, 2.75) is 25.4 Å². The van der Waals surface area contributed by atoms with E-state index in [9.17, 15) is 9.59 Å². The van der Waals surface area contributed by atoms with Crippen molar-refractivity contribution < 1.29 is 19.1 Å². The van der Waals surface area contributed by atoms with Gasteiger partial charge in [-0.2, -0.15) is 0 Å². The number of amides is 2. The Bertz CT molecular complexity index is 859. The largest absolute Gasteiger partial charge is 0.497 e. The van der Waals surface area contributed by atoms with E-state index in [1.807, 2.05) is 29.2 Å². The smallest absolute Gasteiger partial charge is 0.316 e. The van der Waals surface area contributed by atoms with Gasteiger partial charge in [0.15, 0.2) is 0 Å². The maximum absolute atomic E-state index is 13.1. The lowest BCUT2D eigenvalue weighted by Gasteiger charge is -2.33. The monoisotopic (exact) mass is 396 g/mol. The van der Waals surface area contributed by atoms with Crippen LogP contribution in [-0.4, -0.2) is 59.5 Å². The number of likely N-dealkylation sites (tertiary alicyclic amines) is 1. The van der Waals surface area contributed by atoms with E-state index in [4.69, 9.17) is 9.47 Å². The first-order valence-corrected chi connectivity index (χ1v) is 9.81. The van der Waals surface area contributed by atoms with Gasteiger partial charge in [0.25, 0.3) is 0 Å². The van der Waals surface area contributed by atoms with Crippen LogP contribution in [0.5, 0.6) is 11.8 Å². The number of carbonyl (C=O) groups excluding carboxylic acids is 2. The molecule has 152 valence electrons. The van der Waals surface area contributed by atoms with Gasteiger partial charge in [-0.15, -0.1) is 0 Å². The Kier molecular flexibility index (Phi) is 5.59. The Balaban J connectivity index is 1.38. The third-order valence-corrected chi connectivity index (χ3v) is 5.36. The number of methoxy groups -OCH3 is 1. The van der Waals surface area contributed by atoms with Gasteiger partial charge in [-0.25, -0.2) is 9.97 Å². The number of rotatable bonds is 5. The number of ether oxygens (including phenoxy) is 2. The minimum Gasteiger partial charge on any atom is -0.497 e. The summed E-state index contributed by atoms with van der Waals surface area (Å²) in [6.45, 7) is 1.57. The summed E-state index contributed by atoms with van der Waals surface area (Å²) in [7, 11) is 1.60. The van der Waals surface area contributed by atoms with Crippen molar-refractivity contribution in [3.8, 4) is 11.8 Å². The quantitative estimate of drug-likeness (QED) is 0.768. The molecule has 0 saturated carbocycles. The van der Waals surface area contributed by atoms with Crippen molar-refractivity contribution in [2.75, 3.05) is 31.6 Å². The molecule has 8 nitrogen and oxygen atoms in total. The number of piperidine rings is 1. The van der Waals surface area contributed by atoms with Crippen LogP contribution in [0, 0.1) is 5.92 Å². The molecule has 0 aliphatic carbocycles. The van der Waals surface area contributed by atoms with E-state index in [0.717, 1.165) is 24.3 Å². The fraction of sp³-hybridized carbons (Fsp3) is 0.429. The van der Waals surface area contributed by atoms with Gasteiger partial charge in [0.2, 0.25) is 11.8 Å². The molecule has 2 atom stereocenters. The first kappa shape index (κ1) is 19.2. The second-order valence-corrected chi connectivity index (χ2v) is 7.30. The van der Waals surface area contributed by atoms with E-state index < -0.39 is 0 Å². The number of nitrogens with zero attached hydrogens (tertiary/aromatic N) is 4. The van der Waals surface area contributed by atoms with Gasteiger partial charge < -0.3 is 19.3 Å². The number of carbonyl (C=O) groups is 2. The lowest BCUT2D eigenvalue weighted by atomic mass is 10.0. The van der Waals surface area contributed by atoms with Gasteiger partial charge in [-0.05, 0) is 43.2 Å². The SMILES string of the molecule is COc1ccc(N2CC(C(=O)N3CCCC(Oc4ncccn4)C3)CC2=O)cc1. The first-order chi connectivity index (χ1) is 14.1. The molecular formula is C21H24N4O4. The van der Waals surface area contributed by atoms with Gasteiger partial charge >= 0.3 is 6.01 Å². The summed E-state index contributed by atoms with van der Waals surface area (Å²) < 4.78 is 11.0. The van der Waals surface area contributed by atoms with Gasteiger partial charge in [-0.3, -0.25) is 9.59 Å². The maximum Gasteiger partial charge on any atom is 0.316 e. The Morgan fingerprint density at radius 1 is 1.14 bits per heavy atom. The molecule has 2 fully saturated rings. The molecule has 29 heavy (non-hydrogen) atoms. The molecule has 2 aromatic rings. The second-order valence-electron chi connectivity index (χ2n) is 7.30. The molecule has 1 aromatic carbocycles. The van der Waals surface area contributed by atoms with Crippen LogP contribution in [0.1, 0.15) is 19.3 Å². The number of aromatic nitrogens is 2. The zero-order valence-corrected chi connectivity index (χ0v) is 16.4. The molecule has 3 heterocycles. The summed E-state index contributed by atoms with van der Waals surface area (Å²) in [6, 6.07) is 9.37. The fourth-order valence-corrected chi connectivity index (χ4v) is 3.87. The average Bonchev–Trinajstić information content (AvgIpc) is 3.16. The summed E-state index contributed by atoms with van der Waals surface area (Å²) in [5, 5.41) is 0. The van der Waals surface area contributed by atoms with Crippen molar-refractivity contribution in [2.24, 2.45) is 5.92 Å². The third-order valence-electron chi connectivity index (χ3n) is 5.36. The number of hydrogen-bond acceptors (Lipinski definition) is 6. The second kappa shape index (κ2) is 8.46. The molecule has 1 aromatic heterocycles. The first-order valence-electron chi connectivity index (χ1n) is 9.81.